The van der Waals surface area contributed by atoms with E-state index in [0.717, 1.165) is 12.1 Å². The molecule has 94 valence electrons. The van der Waals surface area contributed by atoms with Crippen molar-refractivity contribution in [2.45, 2.75) is 19.8 Å². The summed E-state index contributed by atoms with van der Waals surface area (Å²) in [4.78, 5) is 11.7. The first-order valence-electron chi connectivity index (χ1n) is 5.76. The number of carbonyl (C=O) groups excluding carboxylic acids is 1. The molecule has 0 fully saturated rings. The highest BCUT2D eigenvalue weighted by atomic mass is 19.1. The second kappa shape index (κ2) is 5.44. The number of aryl methyl sites for hydroxylation is 1. The van der Waals surface area contributed by atoms with Gasteiger partial charge in [0.15, 0.2) is 5.82 Å². The Morgan fingerprint density at radius 3 is 2.89 bits per heavy atom. The first-order valence-corrected chi connectivity index (χ1v) is 5.76. The molecule has 2 aromatic rings. The Kier molecular flexibility index (Phi) is 3.72. The molecular weight excluding hydrogens is 233 g/mol. The van der Waals surface area contributed by atoms with Crippen LogP contribution in [0, 0.1) is 5.82 Å². The summed E-state index contributed by atoms with van der Waals surface area (Å²) in [6.07, 6.45) is 0.817. The number of benzene rings is 1. The lowest BCUT2D eigenvalue weighted by Gasteiger charge is -2.02. The van der Waals surface area contributed by atoms with E-state index in [4.69, 9.17) is 0 Å². The Balaban J connectivity index is 1.99. The molecule has 1 amide bonds. The van der Waals surface area contributed by atoms with Gasteiger partial charge >= 0.3 is 0 Å². The maximum absolute atomic E-state index is 13.3. The number of aromatic amines is 1. The summed E-state index contributed by atoms with van der Waals surface area (Å²) in [7, 11) is 0. The van der Waals surface area contributed by atoms with E-state index < -0.39 is 0 Å². The largest absolute Gasteiger partial charge is 0.309 e. The fraction of sp³-hybridized carbons (Fsp3) is 0.231. The maximum Gasteiger partial charge on any atom is 0.230 e. The second-order valence-corrected chi connectivity index (χ2v) is 3.95. The number of hydrogen-bond acceptors (Lipinski definition) is 2. The summed E-state index contributed by atoms with van der Waals surface area (Å²) in [5.74, 6) is -0.189. The average molecular weight is 247 g/mol. The molecule has 0 aliphatic rings. The molecule has 0 atom stereocenters. The zero-order valence-electron chi connectivity index (χ0n) is 10.0. The van der Waals surface area contributed by atoms with Gasteiger partial charge in [-0.05, 0) is 18.1 Å². The van der Waals surface area contributed by atoms with Crippen molar-refractivity contribution in [3.05, 3.63) is 47.4 Å². The van der Waals surface area contributed by atoms with Crippen LogP contribution in [-0.4, -0.2) is 16.1 Å². The number of nitrogens with zero attached hydrogens (tertiary/aromatic N) is 1. The summed E-state index contributed by atoms with van der Waals surface area (Å²) in [6.45, 7) is 1.98. The molecule has 0 bridgehead atoms. The van der Waals surface area contributed by atoms with E-state index >= 15 is 0 Å². The number of anilines is 1. The fourth-order valence-electron chi connectivity index (χ4n) is 1.61. The molecule has 0 spiro atoms. The Morgan fingerprint density at radius 1 is 1.44 bits per heavy atom. The van der Waals surface area contributed by atoms with Gasteiger partial charge in [-0.15, -0.1) is 0 Å². The Hall–Kier alpha value is -2.17. The number of carbonyl (C=O) groups is 1. The van der Waals surface area contributed by atoms with E-state index in [1.165, 1.54) is 6.07 Å². The standard InChI is InChI=1S/C13H14FN3O/c1-2-10-8-12(17-16-10)15-13(18)7-9-5-3-4-6-11(9)14/h3-6,8H,2,7H2,1H3,(H2,15,16,17,18). The van der Waals surface area contributed by atoms with Gasteiger partial charge in [0.1, 0.15) is 5.82 Å². The third-order valence-corrected chi connectivity index (χ3v) is 2.59. The summed E-state index contributed by atoms with van der Waals surface area (Å²) in [5.41, 5.74) is 1.32. The van der Waals surface area contributed by atoms with E-state index in [9.17, 15) is 9.18 Å². The van der Waals surface area contributed by atoms with Crippen molar-refractivity contribution in [3.63, 3.8) is 0 Å². The van der Waals surface area contributed by atoms with E-state index in [0.29, 0.717) is 11.4 Å². The highest BCUT2D eigenvalue weighted by molar-refractivity contribution is 5.91. The molecule has 1 aromatic carbocycles. The van der Waals surface area contributed by atoms with E-state index in [2.05, 4.69) is 15.5 Å². The van der Waals surface area contributed by atoms with Gasteiger partial charge in [0.25, 0.3) is 0 Å². The summed E-state index contributed by atoms with van der Waals surface area (Å²) < 4.78 is 13.3. The smallest absolute Gasteiger partial charge is 0.230 e. The topological polar surface area (TPSA) is 57.8 Å². The normalized spacial score (nSPS) is 10.3. The van der Waals surface area contributed by atoms with Crippen molar-refractivity contribution >= 4 is 11.7 Å². The lowest BCUT2D eigenvalue weighted by atomic mass is 10.1. The third kappa shape index (κ3) is 2.94. The number of nitrogens with one attached hydrogen (secondary N) is 2. The van der Waals surface area contributed by atoms with Gasteiger partial charge in [-0.1, -0.05) is 25.1 Å². The quantitative estimate of drug-likeness (QED) is 0.870. The van der Waals surface area contributed by atoms with Gasteiger partial charge in [0.2, 0.25) is 5.91 Å². The molecule has 1 heterocycles. The fourth-order valence-corrected chi connectivity index (χ4v) is 1.61. The van der Waals surface area contributed by atoms with Crippen LogP contribution in [0.2, 0.25) is 0 Å². The van der Waals surface area contributed by atoms with E-state index in [-0.39, 0.29) is 18.1 Å². The molecule has 1 aromatic heterocycles. The average Bonchev–Trinajstić information content (AvgIpc) is 2.80. The molecule has 4 nitrogen and oxygen atoms in total. The van der Waals surface area contributed by atoms with Crippen LogP contribution >= 0.6 is 0 Å². The summed E-state index contributed by atoms with van der Waals surface area (Å²) in [6, 6.07) is 8.00. The van der Waals surface area contributed by atoms with E-state index in [1.54, 1.807) is 24.3 Å². The van der Waals surface area contributed by atoms with Crippen molar-refractivity contribution in [1.29, 1.82) is 0 Å². The Morgan fingerprint density at radius 2 is 2.22 bits per heavy atom. The number of aromatic nitrogens is 2. The Bertz CT molecular complexity index is 551. The highest BCUT2D eigenvalue weighted by Gasteiger charge is 2.09. The van der Waals surface area contributed by atoms with Gasteiger partial charge in [0.05, 0.1) is 6.42 Å². The SMILES string of the molecule is CCc1cc(NC(=O)Cc2ccccc2F)n[nH]1. The summed E-state index contributed by atoms with van der Waals surface area (Å²) in [5, 5.41) is 9.36. The lowest BCUT2D eigenvalue weighted by Crippen LogP contribution is -2.15. The van der Waals surface area contributed by atoms with E-state index in [1.807, 2.05) is 6.92 Å². The van der Waals surface area contributed by atoms with Gasteiger partial charge < -0.3 is 5.32 Å². The Labute approximate surface area is 104 Å². The molecule has 5 heteroatoms. The first-order chi connectivity index (χ1) is 8.69. The van der Waals surface area contributed by atoms with Gasteiger partial charge in [-0.2, -0.15) is 5.10 Å². The molecule has 18 heavy (non-hydrogen) atoms. The van der Waals surface area contributed by atoms with Gasteiger partial charge in [-0.25, -0.2) is 4.39 Å². The van der Waals surface area contributed by atoms with Crippen LogP contribution in [0.3, 0.4) is 0 Å². The van der Waals surface area contributed by atoms with Gasteiger partial charge in [0, 0.05) is 11.8 Å². The number of rotatable bonds is 4. The zero-order valence-corrected chi connectivity index (χ0v) is 10.0. The van der Waals surface area contributed by atoms with Crippen LogP contribution in [-0.2, 0) is 17.6 Å². The molecule has 0 unspecified atom stereocenters. The van der Waals surface area contributed by atoms with Crippen molar-refractivity contribution in [2.24, 2.45) is 0 Å². The molecule has 2 N–H and O–H groups in total. The third-order valence-electron chi connectivity index (χ3n) is 2.59. The molecular formula is C13H14FN3O. The van der Waals surface area contributed by atoms with Crippen LogP contribution in [0.25, 0.3) is 0 Å². The van der Waals surface area contributed by atoms with Crippen molar-refractivity contribution < 1.29 is 9.18 Å². The number of H-pyrrole nitrogens is 1. The molecule has 0 aliphatic heterocycles. The maximum atomic E-state index is 13.3. The molecule has 0 saturated heterocycles. The predicted molar refractivity (Wildman–Crippen MR) is 66.7 cm³/mol. The van der Waals surface area contributed by atoms with Gasteiger partial charge in [-0.3, -0.25) is 9.89 Å². The van der Waals surface area contributed by atoms with Crippen LogP contribution in [0.5, 0.6) is 0 Å². The lowest BCUT2D eigenvalue weighted by molar-refractivity contribution is -0.115. The predicted octanol–water partition coefficient (Wildman–Crippen LogP) is 2.29. The van der Waals surface area contributed by atoms with Crippen molar-refractivity contribution in [3.8, 4) is 0 Å². The zero-order chi connectivity index (χ0) is 13.0. The molecule has 0 aliphatic carbocycles. The van der Waals surface area contributed by atoms with Crippen LogP contribution in [0.4, 0.5) is 10.2 Å². The molecule has 2 rings (SSSR count). The molecule has 0 saturated carbocycles. The van der Waals surface area contributed by atoms with Crippen molar-refractivity contribution in [2.75, 3.05) is 5.32 Å². The number of hydrogen-bond donors (Lipinski definition) is 2. The molecule has 0 radical (unpaired) electrons. The van der Waals surface area contributed by atoms with Crippen LogP contribution in [0.1, 0.15) is 18.2 Å². The van der Waals surface area contributed by atoms with Crippen LogP contribution < -0.4 is 5.32 Å². The number of amides is 1. The summed E-state index contributed by atoms with van der Waals surface area (Å²) >= 11 is 0. The van der Waals surface area contributed by atoms with Crippen LogP contribution in [0.15, 0.2) is 30.3 Å². The monoisotopic (exact) mass is 247 g/mol. The minimum Gasteiger partial charge on any atom is -0.309 e. The minimum absolute atomic E-state index is 0.000984. The number of halogens is 1. The first kappa shape index (κ1) is 12.3. The van der Waals surface area contributed by atoms with Crippen molar-refractivity contribution in [1.82, 2.24) is 10.2 Å². The second-order valence-electron chi connectivity index (χ2n) is 3.95. The minimum atomic E-state index is -0.371. The highest BCUT2D eigenvalue weighted by Crippen LogP contribution is 2.10.